The van der Waals surface area contributed by atoms with Gasteiger partial charge in [-0.3, -0.25) is 4.18 Å². The van der Waals surface area contributed by atoms with Gasteiger partial charge < -0.3 is 0 Å². The van der Waals surface area contributed by atoms with Crippen LogP contribution >= 0.6 is 11.3 Å². The second-order valence-electron chi connectivity index (χ2n) is 4.11. The molecule has 1 heterocycles. The maximum absolute atomic E-state index is 12.1. The predicted octanol–water partition coefficient (Wildman–Crippen LogP) is 3.15. The first-order valence-electron chi connectivity index (χ1n) is 5.86. The van der Waals surface area contributed by atoms with Crippen molar-refractivity contribution in [3.63, 3.8) is 0 Å². The van der Waals surface area contributed by atoms with Crippen molar-refractivity contribution in [1.29, 1.82) is 0 Å². The summed E-state index contributed by atoms with van der Waals surface area (Å²) < 4.78 is 29.1. The summed E-state index contributed by atoms with van der Waals surface area (Å²) in [4.78, 5) is 4.53. The molecule has 0 aliphatic heterocycles. The van der Waals surface area contributed by atoms with Crippen molar-refractivity contribution in [2.24, 2.45) is 0 Å². The zero-order valence-electron chi connectivity index (χ0n) is 11.0. The smallest absolute Gasteiger partial charge is 0.267 e. The minimum atomic E-state index is -3.73. The topological polar surface area (TPSA) is 56.3 Å². The van der Waals surface area contributed by atoms with Crippen LogP contribution in [-0.2, 0) is 14.3 Å². The van der Waals surface area contributed by atoms with Crippen LogP contribution in [0.25, 0.3) is 11.3 Å². The molecule has 0 unspecified atom stereocenters. The van der Waals surface area contributed by atoms with Gasteiger partial charge in [0.05, 0.1) is 17.3 Å². The van der Waals surface area contributed by atoms with Gasteiger partial charge >= 0.3 is 0 Å². The minimum Gasteiger partial charge on any atom is -0.267 e. The Bertz CT molecular complexity index is 690. The van der Waals surface area contributed by atoms with Crippen LogP contribution in [0.4, 0.5) is 0 Å². The highest BCUT2D eigenvalue weighted by atomic mass is 32.2. The van der Waals surface area contributed by atoms with Crippen LogP contribution in [0, 0.1) is 13.8 Å². The van der Waals surface area contributed by atoms with Crippen LogP contribution in [0.3, 0.4) is 0 Å². The normalized spacial score (nSPS) is 11.7. The predicted molar refractivity (Wildman–Crippen MR) is 75.8 cm³/mol. The van der Waals surface area contributed by atoms with E-state index in [1.165, 1.54) is 11.3 Å². The molecule has 0 atom stereocenters. The second kappa shape index (κ2) is 5.40. The van der Waals surface area contributed by atoms with E-state index in [0.29, 0.717) is 11.3 Å². The fraction of sp³-hybridized carbons (Fsp3) is 0.308. The Morgan fingerprint density at radius 2 is 2.05 bits per heavy atom. The lowest BCUT2D eigenvalue weighted by Gasteiger charge is -2.09. The summed E-state index contributed by atoms with van der Waals surface area (Å²) in [5.41, 5.74) is 2.25. The van der Waals surface area contributed by atoms with Crippen LogP contribution in [0.2, 0.25) is 0 Å². The minimum absolute atomic E-state index is 0.117. The van der Waals surface area contributed by atoms with Crippen molar-refractivity contribution >= 4 is 21.5 Å². The maximum atomic E-state index is 12.1. The van der Waals surface area contributed by atoms with Gasteiger partial charge in [-0.05, 0) is 32.9 Å². The summed E-state index contributed by atoms with van der Waals surface area (Å²) in [7, 11) is -3.73. The van der Waals surface area contributed by atoms with Crippen molar-refractivity contribution in [1.82, 2.24) is 4.98 Å². The second-order valence-corrected chi connectivity index (χ2v) is 6.76. The fourth-order valence-electron chi connectivity index (χ4n) is 1.77. The Morgan fingerprint density at radius 3 is 2.63 bits per heavy atom. The summed E-state index contributed by atoms with van der Waals surface area (Å²) in [5.74, 6) is 0. The fourth-order valence-corrected chi connectivity index (χ4v) is 3.49. The number of thiazole rings is 1. The summed E-state index contributed by atoms with van der Waals surface area (Å²) in [6, 6.07) is 5.15. The molecule has 0 radical (unpaired) electrons. The third-order valence-corrected chi connectivity index (χ3v) is 4.79. The van der Waals surface area contributed by atoms with Gasteiger partial charge in [0.25, 0.3) is 10.1 Å². The van der Waals surface area contributed by atoms with Gasteiger partial charge in [-0.25, -0.2) is 4.98 Å². The van der Waals surface area contributed by atoms with E-state index in [0.717, 1.165) is 10.6 Å². The van der Waals surface area contributed by atoms with Crippen LogP contribution in [-0.4, -0.2) is 20.0 Å². The molecule has 19 heavy (non-hydrogen) atoms. The summed E-state index contributed by atoms with van der Waals surface area (Å²) >= 11 is 1.49. The largest absolute Gasteiger partial charge is 0.297 e. The lowest BCUT2D eigenvalue weighted by Crippen LogP contribution is -2.07. The summed E-state index contributed by atoms with van der Waals surface area (Å²) in [6.07, 6.45) is 0. The number of benzene rings is 1. The molecule has 0 bridgehead atoms. The standard InChI is InChI=1S/C13H15NO3S2/c1-4-17-19(15,16)13-6-5-9(2)7-11(13)12-8-18-10(3)14-12/h5-8H,4H2,1-3H3. The van der Waals surface area contributed by atoms with Gasteiger partial charge in [0.2, 0.25) is 0 Å². The van der Waals surface area contributed by atoms with Crippen molar-refractivity contribution < 1.29 is 12.6 Å². The highest BCUT2D eigenvalue weighted by Crippen LogP contribution is 2.30. The molecule has 0 fully saturated rings. The molecular weight excluding hydrogens is 282 g/mol. The van der Waals surface area contributed by atoms with Crippen molar-refractivity contribution in [3.8, 4) is 11.3 Å². The highest BCUT2D eigenvalue weighted by Gasteiger charge is 2.21. The van der Waals surface area contributed by atoms with Crippen LogP contribution < -0.4 is 0 Å². The number of hydrogen-bond acceptors (Lipinski definition) is 5. The quantitative estimate of drug-likeness (QED) is 0.813. The zero-order chi connectivity index (χ0) is 14.0. The molecule has 102 valence electrons. The lowest BCUT2D eigenvalue weighted by atomic mass is 10.1. The first-order chi connectivity index (χ1) is 8.94. The lowest BCUT2D eigenvalue weighted by molar-refractivity contribution is 0.338. The van der Waals surface area contributed by atoms with E-state index < -0.39 is 10.1 Å². The van der Waals surface area contributed by atoms with E-state index >= 15 is 0 Å². The van der Waals surface area contributed by atoms with Gasteiger partial charge in [-0.2, -0.15) is 8.42 Å². The molecule has 2 aromatic rings. The first kappa shape index (κ1) is 14.2. The molecule has 0 aliphatic rings. The number of aromatic nitrogens is 1. The van der Waals surface area contributed by atoms with Crippen molar-refractivity contribution in [3.05, 3.63) is 34.2 Å². The molecule has 0 saturated heterocycles. The van der Waals surface area contributed by atoms with Gasteiger partial charge in [0.1, 0.15) is 4.90 Å². The average Bonchev–Trinajstić information content (AvgIpc) is 2.75. The average molecular weight is 297 g/mol. The number of rotatable bonds is 4. The van der Waals surface area contributed by atoms with Gasteiger partial charge in [0, 0.05) is 10.9 Å². The van der Waals surface area contributed by atoms with E-state index in [4.69, 9.17) is 4.18 Å². The van der Waals surface area contributed by atoms with E-state index in [-0.39, 0.29) is 11.5 Å². The van der Waals surface area contributed by atoms with E-state index in [1.807, 2.05) is 25.3 Å². The molecule has 1 aromatic carbocycles. The molecule has 0 N–H and O–H groups in total. The third-order valence-electron chi connectivity index (χ3n) is 2.57. The number of nitrogens with zero attached hydrogens (tertiary/aromatic N) is 1. The van der Waals surface area contributed by atoms with Crippen molar-refractivity contribution in [2.75, 3.05) is 6.61 Å². The van der Waals surface area contributed by atoms with Gasteiger partial charge in [-0.15, -0.1) is 11.3 Å². The zero-order valence-corrected chi connectivity index (χ0v) is 12.6. The van der Waals surface area contributed by atoms with Crippen LogP contribution in [0.5, 0.6) is 0 Å². The molecule has 1 aromatic heterocycles. The molecule has 0 aliphatic carbocycles. The SMILES string of the molecule is CCOS(=O)(=O)c1ccc(C)cc1-c1csc(C)n1. The van der Waals surface area contributed by atoms with Gasteiger partial charge in [0.15, 0.2) is 0 Å². The van der Waals surface area contributed by atoms with E-state index in [2.05, 4.69) is 4.98 Å². The molecule has 4 nitrogen and oxygen atoms in total. The molecule has 0 spiro atoms. The molecule has 0 saturated carbocycles. The molecule has 6 heteroatoms. The first-order valence-corrected chi connectivity index (χ1v) is 8.15. The van der Waals surface area contributed by atoms with Crippen LogP contribution in [0.15, 0.2) is 28.5 Å². The Hall–Kier alpha value is -1.24. The van der Waals surface area contributed by atoms with E-state index in [1.54, 1.807) is 19.1 Å². The molecular formula is C13H15NO3S2. The third kappa shape index (κ3) is 3.02. The van der Waals surface area contributed by atoms with Crippen molar-refractivity contribution in [2.45, 2.75) is 25.7 Å². The highest BCUT2D eigenvalue weighted by molar-refractivity contribution is 7.87. The Labute approximate surface area is 117 Å². The maximum Gasteiger partial charge on any atom is 0.297 e. The summed E-state index contributed by atoms with van der Waals surface area (Å²) in [6.45, 7) is 5.57. The Balaban J connectivity index is 2.63. The van der Waals surface area contributed by atoms with Crippen LogP contribution in [0.1, 0.15) is 17.5 Å². The summed E-state index contributed by atoms with van der Waals surface area (Å²) in [5, 5.41) is 2.76. The van der Waals surface area contributed by atoms with E-state index in [9.17, 15) is 8.42 Å². The monoisotopic (exact) mass is 297 g/mol. The molecule has 0 amide bonds. The number of hydrogen-bond donors (Lipinski definition) is 0. The Kier molecular flexibility index (Phi) is 4.03. The Morgan fingerprint density at radius 1 is 1.32 bits per heavy atom. The van der Waals surface area contributed by atoms with Gasteiger partial charge in [-0.1, -0.05) is 11.6 Å². The molecule has 2 rings (SSSR count). The number of aryl methyl sites for hydroxylation is 2.